The number of nitrogens with zero attached hydrogens (tertiary/aromatic N) is 6. The Labute approximate surface area is 334 Å². The molecule has 2 unspecified atom stereocenters. The molecule has 5 aromatic heterocycles. The molecule has 0 spiro atoms. The molecule has 274 valence electrons. The fourth-order valence-electron chi connectivity index (χ4n) is 10.5. The maximum atomic E-state index is 5.06. The number of benzene rings is 5. The fraction of sp³-hybridized carbons (Fsp3) is 0.0769. The molecule has 2 aliphatic carbocycles. The Morgan fingerprint density at radius 3 is 1.48 bits per heavy atom. The Bertz CT molecular complexity index is 3340. The van der Waals surface area contributed by atoms with Gasteiger partial charge in [-0.3, -0.25) is 9.13 Å². The van der Waals surface area contributed by atoms with Gasteiger partial charge in [-0.05, 0) is 66.4 Å². The van der Waals surface area contributed by atoms with Gasteiger partial charge in [0, 0.05) is 63.1 Å². The minimum absolute atomic E-state index is 0.145. The summed E-state index contributed by atoms with van der Waals surface area (Å²) in [5.41, 5.74) is 13.5. The molecule has 6 nitrogen and oxygen atoms in total. The molecule has 5 aromatic carbocycles. The smallest absolute Gasteiger partial charge is 0.139 e. The Balaban J connectivity index is 1.04. The second-order valence-electron chi connectivity index (χ2n) is 15.7. The molecule has 3 aliphatic rings. The average Bonchev–Trinajstić information content (AvgIpc) is 4.02. The maximum Gasteiger partial charge on any atom is 0.139 e. The van der Waals surface area contributed by atoms with Crippen LogP contribution in [0.4, 0.5) is 5.69 Å². The third-order valence-corrected chi connectivity index (χ3v) is 12.8. The van der Waals surface area contributed by atoms with Crippen molar-refractivity contribution in [2.45, 2.75) is 18.9 Å². The van der Waals surface area contributed by atoms with Gasteiger partial charge in [0.2, 0.25) is 0 Å². The van der Waals surface area contributed by atoms with Gasteiger partial charge < -0.3 is 9.47 Å². The van der Waals surface area contributed by atoms with Crippen LogP contribution in [-0.2, 0) is 6.42 Å². The number of aryl methyl sites for hydroxylation is 1. The Morgan fingerprint density at radius 1 is 0.448 bits per heavy atom. The lowest BCUT2D eigenvalue weighted by atomic mass is 9.84. The Morgan fingerprint density at radius 2 is 0.914 bits per heavy atom. The average molecular weight is 745 g/mol. The first kappa shape index (κ1) is 31.7. The third kappa shape index (κ3) is 4.31. The van der Waals surface area contributed by atoms with Crippen LogP contribution in [0.2, 0.25) is 0 Å². The van der Waals surface area contributed by atoms with Crippen molar-refractivity contribution >= 4 is 65.9 Å². The number of anilines is 1. The lowest BCUT2D eigenvalue weighted by Crippen LogP contribution is -2.33. The summed E-state index contributed by atoms with van der Waals surface area (Å²) >= 11 is 0. The van der Waals surface area contributed by atoms with Crippen LogP contribution in [0, 0.1) is 5.92 Å². The van der Waals surface area contributed by atoms with E-state index in [1.165, 1.54) is 55.0 Å². The van der Waals surface area contributed by atoms with Gasteiger partial charge in [0.1, 0.15) is 11.6 Å². The van der Waals surface area contributed by atoms with E-state index in [4.69, 9.17) is 9.97 Å². The second-order valence-corrected chi connectivity index (χ2v) is 15.7. The van der Waals surface area contributed by atoms with Gasteiger partial charge >= 0.3 is 0 Å². The SMILES string of the molecule is C1=CC2C3=C(c4c(c5ccccc5n4-c4ccnc(-n5c6ccccc6c6ccccc65)c4)CC3)N(c3ccnc(-n4c5ccccc5c5ccccc54)c3)C2C=C1. The van der Waals surface area contributed by atoms with Gasteiger partial charge in [-0.25, -0.2) is 9.97 Å². The molecule has 10 aromatic rings. The third-order valence-electron chi connectivity index (χ3n) is 12.8. The molecule has 6 heteroatoms. The van der Waals surface area contributed by atoms with Crippen molar-refractivity contribution in [3.8, 4) is 17.3 Å². The van der Waals surface area contributed by atoms with Gasteiger partial charge in [-0.1, -0.05) is 115 Å². The summed E-state index contributed by atoms with van der Waals surface area (Å²) in [7, 11) is 0. The molecule has 0 amide bonds. The predicted octanol–water partition coefficient (Wildman–Crippen LogP) is 11.9. The molecular weight excluding hydrogens is 709 g/mol. The van der Waals surface area contributed by atoms with E-state index in [9.17, 15) is 0 Å². The van der Waals surface area contributed by atoms with Gasteiger partial charge in [0.25, 0.3) is 0 Å². The molecule has 13 rings (SSSR count). The number of allylic oxidation sites excluding steroid dienone is 2. The van der Waals surface area contributed by atoms with Crippen molar-refractivity contribution in [3.63, 3.8) is 0 Å². The number of rotatable bonds is 4. The van der Waals surface area contributed by atoms with Crippen LogP contribution >= 0.6 is 0 Å². The van der Waals surface area contributed by atoms with E-state index in [1.807, 2.05) is 12.4 Å². The first-order valence-electron chi connectivity index (χ1n) is 20.2. The van der Waals surface area contributed by atoms with Crippen LogP contribution in [0.1, 0.15) is 17.7 Å². The van der Waals surface area contributed by atoms with E-state index in [0.29, 0.717) is 0 Å². The monoisotopic (exact) mass is 744 g/mol. The zero-order chi connectivity index (χ0) is 37.9. The number of aromatic nitrogens is 5. The van der Waals surface area contributed by atoms with Crippen molar-refractivity contribution < 1.29 is 0 Å². The molecule has 0 saturated carbocycles. The highest BCUT2D eigenvalue weighted by Crippen LogP contribution is 2.52. The number of pyridine rings is 2. The van der Waals surface area contributed by atoms with E-state index >= 15 is 0 Å². The normalized spacial score (nSPS) is 17.3. The fourth-order valence-corrected chi connectivity index (χ4v) is 10.5. The van der Waals surface area contributed by atoms with Crippen molar-refractivity contribution in [2.24, 2.45) is 5.92 Å². The van der Waals surface area contributed by atoms with E-state index in [2.05, 4.69) is 188 Å². The summed E-state index contributed by atoms with van der Waals surface area (Å²) in [4.78, 5) is 12.7. The number of hydrogen-bond donors (Lipinski definition) is 0. The summed E-state index contributed by atoms with van der Waals surface area (Å²) < 4.78 is 7.16. The van der Waals surface area contributed by atoms with Crippen molar-refractivity contribution in [1.82, 2.24) is 23.7 Å². The molecule has 6 heterocycles. The van der Waals surface area contributed by atoms with Crippen LogP contribution in [0.5, 0.6) is 0 Å². The highest BCUT2D eigenvalue weighted by molar-refractivity contribution is 6.10. The van der Waals surface area contributed by atoms with E-state index < -0.39 is 0 Å². The molecule has 2 atom stereocenters. The molecule has 0 N–H and O–H groups in total. The van der Waals surface area contributed by atoms with Crippen LogP contribution < -0.4 is 4.90 Å². The molecule has 0 bridgehead atoms. The van der Waals surface area contributed by atoms with Crippen molar-refractivity contribution in [1.29, 1.82) is 0 Å². The van der Waals surface area contributed by atoms with E-state index in [-0.39, 0.29) is 12.0 Å². The molecule has 58 heavy (non-hydrogen) atoms. The van der Waals surface area contributed by atoms with Crippen LogP contribution in [0.15, 0.2) is 188 Å². The first-order valence-corrected chi connectivity index (χ1v) is 20.2. The summed E-state index contributed by atoms with van der Waals surface area (Å²) in [5, 5.41) is 6.23. The number of fused-ring (bicyclic) bond motifs is 12. The zero-order valence-electron chi connectivity index (χ0n) is 31.6. The minimum atomic E-state index is 0.145. The number of hydrogen-bond acceptors (Lipinski definition) is 3. The first-order chi connectivity index (χ1) is 28.8. The van der Waals surface area contributed by atoms with Crippen molar-refractivity contribution in [3.05, 3.63) is 199 Å². The largest absolute Gasteiger partial charge is 0.332 e. The summed E-state index contributed by atoms with van der Waals surface area (Å²) in [5.74, 6) is 2.09. The van der Waals surface area contributed by atoms with E-state index in [1.54, 1.807) is 0 Å². The molecular formula is C52H36N6. The standard InChI is InChI=1S/C52H36N6/c1-9-21-45-35(13-1)36-14-2-10-22-46(36)57(45)49-31-33(27-29-53-49)55-43-19-7-5-17-39(43)41-25-26-42-40-18-6-8-20-44(40)56(52(42)51(41)55)34-28-30-54-50(32-34)58-47-23-11-3-15-37(47)38-16-4-12-24-48(38)58/h1-24,27-32,39,43H,25-26H2. The highest BCUT2D eigenvalue weighted by atomic mass is 15.2. The van der Waals surface area contributed by atoms with Gasteiger partial charge in [0.05, 0.1) is 50.7 Å². The molecule has 0 saturated heterocycles. The van der Waals surface area contributed by atoms with Gasteiger partial charge in [0.15, 0.2) is 0 Å². The van der Waals surface area contributed by atoms with Crippen LogP contribution in [-0.4, -0.2) is 29.7 Å². The quantitative estimate of drug-likeness (QED) is 0.180. The van der Waals surface area contributed by atoms with Crippen LogP contribution in [0.25, 0.3) is 77.5 Å². The van der Waals surface area contributed by atoms with Crippen LogP contribution in [0.3, 0.4) is 0 Å². The zero-order valence-corrected chi connectivity index (χ0v) is 31.6. The van der Waals surface area contributed by atoms with Gasteiger partial charge in [-0.2, -0.15) is 0 Å². The highest BCUT2D eigenvalue weighted by Gasteiger charge is 2.44. The molecule has 1 aliphatic heterocycles. The topological polar surface area (TPSA) is 43.8 Å². The second kappa shape index (κ2) is 12.0. The Kier molecular flexibility index (Phi) is 6.58. The predicted molar refractivity (Wildman–Crippen MR) is 237 cm³/mol. The lowest BCUT2D eigenvalue weighted by molar-refractivity contribution is 0.658. The number of para-hydroxylation sites is 5. The summed E-state index contributed by atoms with van der Waals surface area (Å²) in [6.07, 6.45) is 15.2. The molecule has 0 fully saturated rings. The van der Waals surface area contributed by atoms with Gasteiger partial charge in [-0.15, -0.1) is 0 Å². The van der Waals surface area contributed by atoms with E-state index in [0.717, 1.165) is 57.9 Å². The molecule has 0 radical (unpaired) electrons. The summed E-state index contributed by atoms with van der Waals surface area (Å²) in [6, 6.07) is 52.7. The summed E-state index contributed by atoms with van der Waals surface area (Å²) in [6.45, 7) is 0. The minimum Gasteiger partial charge on any atom is -0.332 e. The lowest BCUT2D eigenvalue weighted by Gasteiger charge is -2.32. The van der Waals surface area contributed by atoms with Crippen molar-refractivity contribution in [2.75, 3.05) is 4.90 Å². The maximum absolute atomic E-state index is 5.06. The Hall–Kier alpha value is -7.44.